The fraction of sp³-hybridized carbons (Fsp3) is 0.103. The van der Waals surface area contributed by atoms with E-state index in [0.29, 0.717) is 44.4 Å². The normalized spacial score (nSPS) is 14.4. The molecule has 1 aliphatic rings. The number of carbonyl (C=O) groups excluding carboxylic acids is 1. The highest BCUT2D eigenvalue weighted by Crippen LogP contribution is 2.33. The maximum absolute atomic E-state index is 14.4. The smallest absolute Gasteiger partial charge is 0.271 e. The highest BCUT2D eigenvalue weighted by atomic mass is 127. The second-order valence-electron chi connectivity index (χ2n) is 11.4. The van der Waals surface area contributed by atoms with Crippen LogP contribution in [-0.4, -0.2) is 17.6 Å². The number of halogens is 2. The minimum atomic E-state index is -0.727. The summed E-state index contributed by atoms with van der Waals surface area (Å²) in [6.07, 6.45) is 1.87. The van der Waals surface area contributed by atoms with E-state index >= 15 is 0 Å². The number of nitrogens with zero attached hydrogens (tertiary/aromatic N) is 2. The van der Waals surface area contributed by atoms with Gasteiger partial charge in [-0.15, -0.1) is 0 Å². The second-order valence-corrected chi connectivity index (χ2v) is 14.8. The summed E-state index contributed by atoms with van der Waals surface area (Å²) >= 11 is 5.87. The Balaban J connectivity index is 1.33. The monoisotopic (exact) mass is 889 g/mol. The van der Waals surface area contributed by atoms with Gasteiger partial charge in [0, 0.05) is 14.8 Å². The summed E-state index contributed by atoms with van der Waals surface area (Å²) in [4.78, 5) is 33.7. The summed E-state index contributed by atoms with van der Waals surface area (Å²) < 4.78 is 16.1. The molecule has 0 radical (unpaired) electrons. The van der Waals surface area contributed by atoms with Crippen molar-refractivity contribution in [2.75, 3.05) is 12.4 Å². The van der Waals surface area contributed by atoms with Crippen molar-refractivity contribution in [1.29, 1.82) is 0 Å². The average molecular weight is 890 g/mol. The highest BCUT2D eigenvalue weighted by Gasteiger charge is 2.33. The third-order valence-corrected chi connectivity index (χ3v) is 10.7. The molecular formula is C39H29I2N3O4S. The van der Waals surface area contributed by atoms with Crippen LogP contribution in [0.2, 0.25) is 0 Å². The predicted octanol–water partition coefficient (Wildman–Crippen LogP) is 7.82. The lowest BCUT2D eigenvalue weighted by molar-refractivity contribution is -0.113. The number of amides is 1. The van der Waals surface area contributed by atoms with Gasteiger partial charge < -0.3 is 14.8 Å². The molecule has 7 nitrogen and oxygen atoms in total. The Morgan fingerprint density at radius 1 is 0.959 bits per heavy atom. The first-order valence-corrected chi connectivity index (χ1v) is 18.4. The maximum Gasteiger partial charge on any atom is 0.271 e. The summed E-state index contributed by atoms with van der Waals surface area (Å²) in [5.74, 6) is 0.993. The van der Waals surface area contributed by atoms with Crippen molar-refractivity contribution < 1.29 is 14.3 Å². The minimum absolute atomic E-state index is 0.247. The predicted molar refractivity (Wildman–Crippen MR) is 212 cm³/mol. The number of benzene rings is 5. The van der Waals surface area contributed by atoms with Gasteiger partial charge in [0.05, 0.1) is 32.5 Å². The second kappa shape index (κ2) is 14.3. The van der Waals surface area contributed by atoms with Crippen molar-refractivity contribution in [3.8, 4) is 11.5 Å². The molecule has 1 N–H and O–H groups in total. The lowest BCUT2D eigenvalue weighted by atomic mass is 9.95. The molecule has 1 amide bonds. The van der Waals surface area contributed by atoms with E-state index in [9.17, 15) is 9.59 Å². The van der Waals surface area contributed by atoms with E-state index in [-0.39, 0.29) is 11.5 Å². The summed E-state index contributed by atoms with van der Waals surface area (Å²) in [5, 5.41) is 5.29. The number of para-hydroxylation sites is 1. The molecule has 1 atom stereocenters. The fourth-order valence-electron chi connectivity index (χ4n) is 6.01. The number of anilines is 1. The van der Waals surface area contributed by atoms with Crippen LogP contribution >= 0.6 is 56.5 Å². The van der Waals surface area contributed by atoms with Crippen molar-refractivity contribution in [2.24, 2.45) is 4.99 Å². The van der Waals surface area contributed by atoms with Gasteiger partial charge >= 0.3 is 0 Å². The lowest BCUT2D eigenvalue weighted by Gasteiger charge is -2.25. The standard InChI is InChI=1S/C39H29I2N3O4S/c1-23-34(37(45)43-29-14-4-3-5-15-29)35(25-12-9-16-30(19-25)47-2)44-38(46)33(49-39(44)42-23)20-27-18-28(40)21-32(41)36(27)48-22-26-13-8-11-24-10-6-7-17-31(24)26/h3-21,35H,22H2,1-2H3,(H,43,45)/b33-20-/t35-/m1/s1. The molecule has 244 valence electrons. The van der Waals surface area contributed by atoms with E-state index in [0.717, 1.165) is 34.6 Å². The molecule has 5 aromatic carbocycles. The van der Waals surface area contributed by atoms with Gasteiger partial charge in [-0.3, -0.25) is 14.2 Å². The Hall–Kier alpha value is -4.27. The molecule has 0 saturated heterocycles. The Morgan fingerprint density at radius 3 is 2.53 bits per heavy atom. The zero-order valence-electron chi connectivity index (χ0n) is 26.4. The lowest BCUT2D eigenvalue weighted by Crippen LogP contribution is -2.40. The molecule has 0 saturated carbocycles. The van der Waals surface area contributed by atoms with Crippen LogP contribution in [0.5, 0.6) is 11.5 Å². The first kappa shape index (κ1) is 33.2. The van der Waals surface area contributed by atoms with Crippen LogP contribution in [0.4, 0.5) is 5.69 Å². The van der Waals surface area contributed by atoms with Gasteiger partial charge in [-0.25, -0.2) is 4.99 Å². The number of methoxy groups -OCH3 is 1. The largest absolute Gasteiger partial charge is 0.497 e. The Morgan fingerprint density at radius 2 is 1.71 bits per heavy atom. The number of aromatic nitrogens is 1. The molecule has 0 spiro atoms. The van der Waals surface area contributed by atoms with Gasteiger partial charge in [-0.2, -0.15) is 0 Å². The number of ether oxygens (including phenoxy) is 2. The van der Waals surface area contributed by atoms with Gasteiger partial charge in [0.1, 0.15) is 18.1 Å². The maximum atomic E-state index is 14.4. The zero-order chi connectivity index (χ0) is 34.1. The molecule has 10 heteroatoms. The van der Waals surface area contributed by atoms with Crippen LogP contribution in [0.25, 0.3) is 16.8 Å². The van der Waals surface area contributed by atoms with E-state index in [4.69, 9.17) is 14.5 Å². The number of nitrogens with one attached hydrogen (secondary N) is 1. The number of thiazole rings is 1. The quantitative estimate of drug-likeness (QED) is 0.158. The van der Waals surface area contributed by atoms with Crippen LogP contribution in [-0.2, 0) is 11.4 Å². The molecule has 0 aliphatic carbocycles. The number of carbonyl (C=O) groups is 1. The molecule has 1 aliphatic heterocycles. The Labute approximate surface area is 313 Å². The molecule has 49 heavy (non-hydrogen) atoms. The van der Waals surface area contributed by atoms with Gasteiger partial charge in [0.2, 0.25) is 0 Å². The minimum Gasteiger partial charge on any atom is -0.497 e. The van der Waals surface area contributed by atoms with Crippen LogP contribution in [0.3, 0.4) is 0 Å². The first-order valence-electron chi connectivity index (χ1n) is 15.4. The Kier molecular flexibility index (Phi) is 9.70. The third kappa shape index (κ3) is 6.81. The van der Waals surface area contributed by atoms with E-state index < -0.39 is 6.04 Å². The molecule has 1 aromatic heterocycles. The van der Waals surface area contributed by atoms with Crippen molar-refractivity contribution in [1.82, 2.24) is 4.57 Å². The zero-order valence-corrected chi connectivity index (χ0v) is 31.6. The molecule has 0 fully saturated rings. The fourth-order valence-corrected chi connectivity index (χ4v) is 9.09. The van der Waals surface area contributed by atoms with Crippen LogP contribution in [0.1, 0.15) is 29.7 Å². The van der Waals surface area contributed by atoms with Gasteiger partial charge in [-0.1, -0.05) is 84.1 Å². The molecule has 7 rings (SSSR count). The van der Waals surface area contributed by atoms with Crippen molar-refractivity contribution in [3.63, 3.8) is 0 Å². The third-order valence-electron chi connectivity index (χ3n) is 8.28. The van der Waals surface area contributed by atoms with Gasteiger partial charge in [-0.05, 0) is 116 Å². The molecule has 2 heterocycles. The van der Waals surface area contributed by atoms with Crippen molar-refractivity contribution in [2.45, 2.75) is 19.6 Å². The van der Waals surface area contributed by atoms with Gasteiger partial charge in [0.25, 0.3) is 11.5 Å². The van der Waals surface area contributed by atoms with Crippen LogP contribution in [0.15, 0.2) is 130 Å². The number of hydrogen-bond donors (Lipinski definition) is 1. The number of rotatable bonds is 8. The first-order chi connectivity index (χ1) is 23.8. The van der Waals surface area contributed by atoms with Crippen LogP contribution in [0, 0.1) is 7.14 Å². The van der Waals surface area contributed by atoms with E-state index in [1.807, 2.05) is 91.9 Å². The summed E-state index contributed by atoms with van der Waals surface area (Å²) in [6.45, 7) is 2.18. The average Bonchev–Trinajstić information content (AvgIpc) is 3.41. The van der Waals surface area contributed by atoms with Gasteiger partial charge in [0.15, 0.2) is 4.80 Å². The summed E-state index contributed by atoms with van der Waals surface area (Å²) in [5.41, 5.74) is 3.94. The summed E-state index contributed by atoms with van der Waals surface area (Å²) in [7, 11) is 1.59. The van der Waals surface area contributed by atoms with Crippen molar-refractivity contribution >= 4 is 85.0 Å². The topological polar surface area (TPSA) is 81.9 Å². The molecule has 0 bridgehead atoms. The molecule has 0 unspecified atom stereocenters. The molecular weight excluding hydrogens is 860 g/mol. The van der Waals surface area contributed by atoms with Crippen molar-refractivity contribution in [3.05, 3.63) is 164 Å². The number of allylic oxidation sites excluding steroid dienone is 1. The highest BCUT2D eigenvalue weighted by molar-refractivity contribution is 14.1. The van der Waals surface area contributed by atoms with E-state index in [1.165, 1.54) is 11.3 Å². The summed E-state index contributed by atoms with van der Waals surface area (Å²) in [6, 6.07) is 34.5. The SMILES string of the molecule is COc1cccc([C@@H]2C(C(=O)Nc3ccccc3)=C(C)N=c3s/c(=C\c4cc(I)cc(I)c4OCc4cccc5ccccc45)c(=O)n32)c1. The van der Waals surface area contributed by atoms with E-state index in [1.54, 1.807) is 11.7 Å². The van der Waals surface area contributed by atoms with Crippen LogP contribution < -0.4 is 29.7 Å². The van der Waals surface area contributed by atoms with E-state index in [2.05, 4.69) is 80.8 Å². The Bertz CT molecular complexity index is 2450. The number of fused-ring (bicyclic) bond motifs is 2. The number of hydrogen-bond acceptors (Lipinski definition) is 6. The molecule has 6 aromatic rings.